The number of nitrogens with one attached hydrogen (secondary N) is 1. The lowest BCUT2D eigenvalue weighted by Crippen LogP contribution is -2.05. The minimum Gasteiger partial charge on any atom is -0.338 e. The molecule has 1 heterocycles. The largest absolute Gasteiger partial charge is 0.338 e. The van der Waals surface area contributed by atoms with Crippen molar-refractivity contribution in [1.29, 1.82) is 0 Å². The Bertz CT molecular complexity index is 278. The second-order valence-electron chi connectivity index (χ2n) is 2.03. The molecule has 1 rings (SSSR count). The van der Waals surface area contributed by atoms with E-state index in [1.165, 1.54) is 0 Å². The van der Waals surface area contributed by atoms with E-state index in [2.05, 4.69) is 17.1 Å². The third-order valence-electron chi connectivity index (χ3n) is 1.06. The molecule has 0 spiro atoms. The highest BCUT2D eigenvalue weighted by Crippen LogP contribution is 2.07. The van der Waals surface area contributed by atoms with Crippen LogP contribution in [0.5, 0.6) is 0 Å². The maximum Gasteiger partial charge on any atom is 0.250 e. The van der Waals surface area contributed by atoms with Crippen molar-refractivity contribution in [2.75, 3.05) is 5.32 Å². The number of aryl methyl sites for hydroxylation is 1. The molecule has 1 aromatic heterocycles. The second-order valence-corrected chi connectivity index (χ2v) is 2.03. The van der Waals surface area contributed by atoms with E-state index in [-0.39, 0.29) is 5.91 Å². The van der Waals surface area contributed by atoms with Gasteiger partial charge < -0.3 is 4.52 Å². The molecule has 4 heteroatoms. The third kappa shape index (κ3) is 1.93. The van der Waals surface area contributed by atoms with Crippen LogP contribution in [0, 0.1) is 6.92 Å². The number of rotatable bonds is 2. The van der Waals surface area contributed by atoms with E-state index in [0.717, 1.165) is 11.8 Å². The van der Waals surface area contributed by atoms with Gasteiger partial charge >= 0.3 is 0 Å². The molecule has 0 atom stereocenters. The van der Waals surface area contributed by atoms with Crippen LogP contribution in [-0.4, -0.2) is 11.1 Å². The van der Waals surface area contributed by atoms with E-state index in [9.17, 15) is 4.79 Å². The van der Waals surface area contributed by atoms with Crippen LogP contribution < -0.4 is 5.32 Å². The second kappa shape index (κ2) is 3.01. The quantitative estimate of drug-likeness (QED) is 0.646. The van der Waals surface area contributed by atoms with Crippen LogP contribution in [0.25, 0.3) is 0 Å². The molecule has 0 aromatic carbocycles. The van der Waals surface area contributed by atoms with Gasteiger partial charge in [0.2, 0.25) is 11.8 Å². The normalized spacial score (nSPS) is 9.18. The lowest BCUT2D eigenvalue weighted by molar-refractivity contribution is -0.112. The Kier molecular flexibility index (Phi) is 2.06. The summed E-state index contributed by atoms with van der Waals surface area (Å²) in [5.41, 5.74) is 0.726. The Balaban J connectivity index is 2.64. The summed E-state index contributed by atoms with van der Waals surface area (Å²) >= 11 is 0. The van der Waals surface area contributed by atoms with Gasteiger partial charge in [-0.25, -0.2) is 0 Å². The zero-order valence-corrected chi connectivity index (χ0v) is 6.13. The summed E-state index contributed by atoms with van der Waals surface area (Å²) in [6, 6.07) is 1.63. The van der Waals surface area contributed by atoms with Crippen LogP contribution in [0.2, 0.25) is 0 Å². The predicted molar refractivity (Wildman–Crippen MR) is 40.1 cm³/mol. The summed E-state index contributed by atoms with van der Waals surface area (Å²) in [5.74, 6) is 0.0357. The molecule has 0 unspecified atom stereocenters. The number of amides is 1. The van der Waals surface area contributed by atoms with Gasteiger partial charge in [-0.1, -0.05) is 11.7 Å². The van der Waals surface area contributed by atoms with E-state index >= 15 is 0 Å². The molecular formula is C7H8N2O2. The van der Waals surface area contributed by atoms with E-state index in [0.29, 0.717) is 5.88 Å². The maximum atomic E-state index is 10.7. The first-order valence-corrected chi connectivity index (χ1v) is 3.09. The van der Waals surface area contributed by atoms with Crippen molar-refractivity contribution < 1.29 is 9.32 Å². The number of hydrogen-bond donors (Lipinski definition) is 1. The van der Waals surface area contributed by atoms with Gasteiger partial charge in [-0.2, -0.15) is 0 Å². The molecule has 1 aromatic rings. The van der Waals surface area contributed by atoms with E-state index in [1.807, 2.05) is 0 Å². The Morgan fingerprint density at radius 1 is 1.91 bits per heavy atom. The molecule has 0 radical (unpaired) electrons. The van der Waals surface area contributed by atoms with Gasteiger partial charge in [0.25, 0.3) is 0 Å². The number of hydrogen-bond acceptors (Lipinski definition) is 3. The van der Waals surface area contributed by atoms with Crippen LogP contribution in [0.4, 0.5) is 5.88 Å². The lowest BCUT2D eigenvalue weighted by Gasteiger charge is -1.91. The molecule has 1 amide bonds. The highest BCUT2D eigenvalue weighted by atomic mass is 16.5. The van der Waals surface area contributed by atoms with Crippen LogP contribution in [-0.2, 0) is 4.79 Å². The highest BCUT2D eigenvalue weighted by Gasteiger charge is 2.01. The summed E-state index contributed by atoms with van der Waals surface area (Å²) in [4.78, 5) is 10.7. The predicted octanol–water partition coefficient (Wildman–Crippen LogP) is 1.11. The third-order valence-corrected chi connectivity index (χ3v) is 1.06. The van der Waals surface area contributed by atoms with Crippen LogP contribution in [0.1, 0.15) is 5.69 Å². The lowest BCUT2D eigenvalue weighted by atomic mass is 10.4. The minimum absolute atomic E-state index is 0.304. The van der Waals surface area contributed by atoms with Crippen molar-refractivity contribution in [1.82, 2.24) is 5.16 Å². The fourth-order valence-electron chi connectivity index (χ4n) is 0.595. The Morgan fingerprint density at radius 2 is 2.64 bits per heavy atom. The smallest absolute Gasteiger partial charge is 0.250 e. The van der Waals surface area contributed by atoms with Crippen molar-refractivity contribution in [3.8, 4) is 0 Å². The van der Waals surface area contributed by atoms with E-state index < -0.39 is 0 Å². The van der Waals surface area contributed by atoms with Crippen LogP contribution in [0.15, 0.2) is 23.2 Å². The van der Waals surface area contributed by atoms with Crippen molar-refractivity contribution in [3.63, 3.8) is 0 Å². The maximum absolute atomic E-state index is 10.7. The molecule has 0 aliphatic carbocycles. The number of aromatic nitrogens is 1. The van der Waals surface area contributed by atoms with Crippen molar-refractivity contribution in [2.45, 2.75) is 6.92 Å². The van der Waals surface area contributed by atoms with Crippen molar-refractivity contribution >= 4 is 11.8 Å². The molecule has 0 bridgehead atoms. The fraction of sp³-hybridized carbons (Fsp3) is 0.143. The van der Waals surface area contributed by atoms with Gasteiger partial charge in [0.15, 0.2) is 0 Å². The molecule has 0 saturated carbocycles. The summed E-state index contributed by atoms with van der Waals surface area (Å²) in [6.45, 7) is 5.06. The molecule has 58 valence electrons. The van der Waals surface area contributed by atoms with Gasteiger partial charge in [0, 0.05) is 6.07 Å². The highest BCUT2D eigenvalue weighted by molar-refractivity contribution is 5.97. The van der Waals surface area contributed by atoms with Crippen molar-refractivity contribution in [2.24, 2.45) is 0 Å². The minimum atomic E-state index is -0.304. The van der Waals surface area contributed by atoms with Crippen molar-refractivity contribution in [3.05, 3.63) is 24.4 Å². The van der Waals surface area contributed by atoms with Gasteiger partial charge in [0.05, 0.1) is 5.69 Å². The summed E-state index contributed by atoms with van der Waals surface area (Å²) in [7, 11) is 0. The van der Waals surface area contributed by atoms with Crippen LogP contribution >= 0.6 is 0 Å². The Hall–Kier alpha value is -1.58. The first-order chi connectivity index (χ1) is 5.22. The van der Waals surface area contributed by atoms with Gasteiger partial charge in [-0.05, 0) is 13.0 Å². The Labute approximate surface area is 63.9 Å². The standard InChI is InChI=1S/C7H8N2O2/c1-3-6(10)8-7-4-5(2)9-11-7/h3-4H,1H2,2H3,(H,8,10). The molecule has 1 N–H and O–H groups in total. The molecular weight excluding hydrogens is 144 g/mol. The zero-order chi connectivity index (χ0) is 8.27. The van der Waals surface area contributed by atoms with Gasteiger partial charge in [-0.3, -0.25) is 10.1 Å². The summed E-state index contributed by atoms with van der Waals surface area (Å²) in [6.07, 6.45) is 1.16. The average Bonchev–Trinajstić information content (AvgIpc) is 2.35. The van der Waals surface area contributed by atoms with Gasteiger partial charge in [-0.15, -0.1) is 0 Å². The number of carbonyl (C=O) groups is 1. The number of anilines is 1. The summed E-state index contributed by atoms with van der Waals surface area (Å²) in [5, 5.41) is 6.01. The Morgan fingerprint density at radius 3 is 3.09 bits per heavy atom. The topological polar surface area (TPSA) is 55.1 Å². The molecule has 11 heavy (non-hydrogen) atoms. The molecule has 0 saturated heterocycles. The zero-order valence-electron chi connectivity index (χ0n) is 6.13. The molecule has 4 nitrogen and oxygen atoms in total. The fourth-order valence-corrected chi connectivity index (χ4v) is 0.595. The van der Waals surface area contributed by atoms with E-state index in [1.54, 1.807) is 13.0 Å². The molecule has 0 fully saturated rings. The van der Waals surface area contributed by atoms with Crippen LogP contribution in [0.3, 0.4) is 0 Å². The monoisotopic (exact) mass is 152 g/mol. The number of nitrogens with zero attached hydrogens (tertiary/aromatic N) is 1. The SMILES string of the molecule is C=CC(=O)Nc1cc(C)no1. The molecule has 0 aliphatic rings. The number of carbonyl (C=O) groups excluding carboxylic acids is 1. The molecule has 0 aliphatic heterocycles. The van der Waals surface area contributed by atoms with Gasteiger partial charge in [0.1, 0.15) is 0 Å². The first kappa shape index (κ1) is 7.53. The average molecular weight is 152 g/mol. The summed E-state index contributed by atoms with van der Waals surface area (Å²) < 4.78 is 4.71. The van der Waals surface area contributed by atoms with E-state index in [4.69, 9.17) is 4.52 Å². The first-order valence-electron chi connectivity index (χ1n) is 3.09.